The van der Waals surface area contributed by atoms with Gasteiger partial charge in [-0.15, -0.1) is 0 Å². The molecule has 29 heavy (non-hydrogen) atoms. The lowest BCUT2D eigenvalue weighted by molar-refractivity contribution is -0.118. The van der Waals surface area contributed by atoms with E-state index in [4.69, 9.17) is 10.5 Å². The molecule has 11 heteroatoms. The van der Waals surface area contributed by atoms with Gasteiger partial charge < -0.3 is 10.5 Å². The van der Waals surface area contributed by atoms with Gasteiger partial charge in [0.1, 0.15) is 5.75 Å². The molecule has 9 nitrogen and oxygen atoms in total. The first kappa shape index (κ1) is 21.1. The van der Waals surface area contributed by atoms with E-state index in [1.54, 1.807) is 18.2 Å². The summed E-state index contributed by atoms with van der Waals surface area (Å²) in [7, 11) is -7.65. The van der Waals surface area contributed by atoms with Crippen LogP contribution in [0.5, 0.6) is 5.75 Å². The molecule has 0 heterocycles. The van der Waals surface area contributed by atoms with Crippen molar-refractivity contribution in [1.82, 2.24) is 4.72 Å². The van der Waals surface area contributed by atoms with Gasteiger partial charge in [0.25, 0.3) is 10.0 Å². The van der Waals surface area contributed by atoms with Crippen LogP contribution >= 0.6 is 0 Å². The summed E-state index contributed by atoms with van der Waals surface area (Å²) in [5, 5.41) is 0. The predicted octanol–water partition coefficient (Wildman–Crippen LogP) is 1.18. The van der Waals surface area contributed by atoms with E-state index in [1.165, 1.54) is 30.3 Å². The van der Waals surface area contributed by atoms with Gasteiger partial charge in [-0.1, -0.05) is 12.1 Å². The fourth-order valence-electron chi connectivity index (χ4n) is 2.43. The molecule has 1 aliphatic carbocycles. The van der Waals surface area contributed by atoms with Crippen LogP contribution in [0, 0.1) is 0 Å². The number of benzene rings is 2. The molecule has 3 rings (SSSR count). The van der Waals surface area contributed by atoms with Crippen molar-refractivity contribution in [2.24, 2.45) is 5.73 Å². The molecule has 156 valence electrons. The maximum absolute atomic E-state index is 12.7. The lowest BCUT2D eigenvalue weighted by Crippen LogP contribution is -2.25. The van der Waals surface area contributed by atoms with E-state index in [0.717, 1.165) is 12.8 Å². The number of carbonyl (C=O) groups is 1. The number of primary amides is 1. The van der Waals surface area contributed by atoms with E-state index in [1.807, 2.05) is 0 Å². The summed E-state index contributed by atoms with van der Waals surface area (Å²) in [6, 6.07) is 11.2. The Morgan fingerprint density at radius 1 is 0.966 bits per heavy atom. The summed E-state index contributed by atoms with van der Waals surface area (Å²) >= 11 is 0. The predicted molar refractivity (Wildman–Crippen MR) is 106 cm³/mol. The van der Waals surface area contributed by atoms with Crippen molar-refractivity contribution in [3.8, 4) is 5.75 Å². The Morgan fingerprint density at radius 2 is 1.55 bits per heavy atom. The quantitative estimate of drug-likeness (QED) is 0.507. The first-order valence-corrected chi connectivity index (χ1v) is 11.8. The minimum Gasteiger partial charge on any atom is -0.491 e. The Morgan fingerprint density at radius 3 is 2.14 bits per heavy atom. The molecule has 0 spiro atoms. The summed E-state index contributed by atoms with van der Waals surface area (Å²) < 4.78 is 60.1. The fraction of sp³-hybridized carbons (Fsp3) is 0.278. The number of para-hydroxylation sites is 2. The van der Waals surface area contributed by atoms with Crippen molar-refractivity contribution >= 4 is 31.6 Å². The maximum Gasteiger partial charge on any atom is 0.262 e. The van der Waals surface area contributed by atoms with Crippen LogP contribution < -0.4 is 19.9 Å². The third-order valence-electron chi connectivity index (χ3n) is 4.08. The highest BCUT2D eigenvalue weighted by Gasteiger charge is 2.28. The van der Waals surface area contributed by atoms with E-state index in [9.17, 15) is 21.6 Å². The Bertz CT molecular complexity index is 1090. The zero-order valence-corrected chi connectivity index (χ0v) is 17.0. The summed E-state index contributed by atoms with van der Waals surface area (Å²) in [5.41, 5.74) is 5.25. The minimum atomic E-state index is -3.99. The monoisotopic (exact) mass is 439 g/mol. The van der Waals surface area contributed by atoms with Crippen molar-refractivity contribution in [3.63, 3.8) is 0 Å². The molecule has 2 aromatic carbocycles. The zero-order chi connectivity index (χ0) is 21.1. The first-order valence-electron chi connectivity index (χ1n) is 8.83. The molecule has 0 aliphatic heterocycles. The van der Waals surface area contributed by atoms with Gasteiger partial charge in [0.2, 0.25) is 15.9 Å². The average Bonchev–Trinajstić information content (AvgIpc) is 3.46. The number of nitrogens with two attached hydrogens (primary N) is 1. The number of hydrogen-bond acceptors (Lipinski definition) is 6. The van der Waals surface area contributed by atoms with Gasteiger partial charge in [-0.2, -0.15) is 0 Å². The molecule has 4 N–H and O–H groups in total. The summed E-state index contributed by atoms with van der Waals surface area (Å²) in [6.45, 7) is 0.00856. The molecule has 0 bridgehead atoms. The van der Waals surface area contributed by atoms with Crippen LogP contribution in [0.3, 0.4) is 0 Å². The lowest BCUT2D eigenvalue weighted by atomic mass is 10.3. The second-order valence-electron chi connectivity index (χ2n) is 6.53. The van der Waals surface area contributed by atoms with Crippen LogP contribution in [0.15, 0.2) is 58.3 Å². The second kappa shape index (κ2) is 8.39. The van der Waals surface area contributed by atoms with Crippen LogP contribution in [-0.2, 0) is 24.8 Å². The summed E-state index contributed by atoms with van der Waals surface area (Å²) in [6.07, 6.45) is 1.60. The SMILES string of the molecule is NC(=O)CCOc1ccccc1NS(=O)(=O)c1ccc(S(=O)(=O)NC2CC2)cc1. The van der Waals surface area contributed by atoms with Gasteiger partial charge in [0, 0.05) is 6.04 Å². The molecule has 1 fully saturated rings. The number of amides is 1. The molecule has 0 saturated heterocycles. The number of anilines is 1. The van der Waals surface area contributed by atoms with E-state index in [2.05, 4.69) is 9.44 Å². The maximum atomic E-state index is 12.7. The Labute approximate surface area is 169 Å². The van der Waals surface area contributed by atoms with Crippen LogP contribution in [-0.4, -0.2) is 35.4 Å². The molecule has 0 unspecified atom stereocenters. The highest BCUT2D eigenvalue weighted by atomic mass is 32.2. The second-order valence-corrected chi connectivity index (χ2v) is 9.93. The first-order chi connectivity index (χ1) is 13.7. The molecule has 2 aromatic rings. The van der Waals surface area contributed by atoms with Crippen molar-refractivity contribution in [1.29, 1.82) is 0 Å². The smallest absolute Gasteiger partial charge is 0.262 e. The highest BCUT2D eigenvalue weighted by Crippen LogP contribution is 2.27. The third kappa shape index (κ3) is 5.68. The molecule has 0 aromatic heterocycles. The van der Waals surface area contributed by atoms with Gasteiger partial charge in [0.05, 0.1) is 28.5 Å². The van der Waals surface area contributed by atoms with Gasteiger partial charge in [-0.3, -0.25) is 9.52 Å². The molecule has 1 amide bonds. The number of sulfonamides is 2. The molecular weight excluding hydrogens is 418 g/mol. The van der Waals surface area contributed by atoms with Gasteiger partial charge in [-0.05, 0) is 49.2 Å². The van der Waals surface area contributed by atoms with E-state index in [0.29, 0.717) is 0 Å². The molecule has 0 atom stereocenters. The Balaban J connectivity index is 1.75. The Hall–Kier alpha value is -2.63. The average molecular weight is 440 g/mol. The summed E-state index contributed by atoms with van der Waals surface area (Å²) in [4.78, 5) is 10.7. The van der Waals surface area contributed by atoms with Crippen LogP contribution in [0.25, 0.3) is 0 Å². The van der Waals surface area contributed by atoms with Crippen LogP contribution in [0.4, 0.5) is 5.69 Å². The molecule has 1 aliphatic rings. The number of carbonyl (C=O) groups excluding carboxylic acids is 1. The number of ether oxygens (including phenoxy) is 1. The highest BCUT2D eigenvalue weighted by molar-refractivity contribution is 7.92. The number of hydrogen-bond donors (Lipinski definition) is 3. The Kier molecular flexibility index (Phi) is 6.10. The van der Waals surface area contributed by atoms with Gasteiger partial charge >= 0.3 is 0 Å². The molecule has 1 saturated carbocycles. The largest absolute Gasteiger partial charge is 0.491 e. The normalized spacial score (nSPS) is 14.3. The van der Waals surface area contributed by atoms with Crippen molar-refractivity contribution in [2.45, 2.75) is 35.1 Å². The number of nitrogens with one attached hydrogen (secondary N) is 2. The minimum absolute atomic E-state index is 0.00136. The lowest BCUT2D eigenvalue weighted by Gasteiger charge is -2.13. The van der Waals surface area contributed by atoms with Gasteiger partial charge in [0.15, 0.2) is 0 Å². The van der Waals surface area contributed by atoms with Crippen LogP contribution in [0.2, 0.25) is 0 Å². The molecular formula is C18H21N3O6S2. The zero-order valence-electron chi connectivity index (χ0n) is 15.4. The van der Waals surface area contributed by atoms with Crippen molar-refractivity contribution in [3.05, 3.63) is 48.5 Å². The van der Waals surface area contributed by atoms with Crippen molar-refractivity contribution in [2.75, 3.05) is 11.3 Å². The third-order valence-corrected chi connectivity index (χ3v) is 7.00. The topological polar surface area (TPSA) is 145 Å². The molecule has 0 radical (unpaired) electrons. The van der Waals surface area contributed by atoms with Gasteiger partial charge in [-0.25, -0.2) is 21.6 Å². The van der Waals surface area contributed by atoms with Crippen LogP contribution in [0.1, 0.15) is 19.3 Å². The standard InChI is InChI=1S/C18H21N3O6S2/c19-18(22)11-12-27-17-4-2-1-3-16(17)21-29(25,26)15-9-7-14(8-10-15)28(23,24)20-13-5-6-13/h1-4,7-10,13,20-21H,5-6,11-12H2,(H2,19,22). The van der Waals surface area contributed by atoms with E-state index in [-0.39, 0.29) is 40.3 Å². The van der Waals surface area contributed by atoms with E-state index < -0.39 is 26.0 Å². The van der Waals surface area contributed by atoms with Crippen molar-refractivity contribution < 1.29 is 26.4 Å². The number of rotatable bonds is 10. The van der Waals surface area contributed by atoms with E-state index >= 15 is 0 Å². The summed E-state index contributed by atoms with van der Waals surface area (Å²) in [5.74, 6) is -0.292. The fourth-order valence-corrected chi connectivity index (χ4v) is 4.80.